The molecule has 2 N–H and O–H groups in total. The lowest BCUT2D eigenvalue weighted by atomic mass is 9.94. The van der Waals surface area contributed by atoms with Gasteiger partial charge in [0, 0.05) is 12.1 Å². The number of phenolic OH excluding ortho intramolecular Hbond substituents is 1. The van der Waals surface area contributed by atoms with Crippen LogP contribution in [0.1, 0.15) is 35.2 Å². The van der Waals surface area contributed by atoms with Crippen LogP contribution in [0.3, 0.4) is 0 Å². The number of Topliss-reactive ketones (excluding diaryl/α,β-unsaturated/α-hetero) is 1. The fourth-order valence-electron chi connectivity index (χ4n) is 4.19. The van der Waals surface area contributed by atoms with E-state index in [1.807, 2.05) is 49.4 Å². The van der Waals surface area contributed by atoms with E-state index in [1.165, 1.54) is 11.0 Å². The molecule has 0 spiro atoms. The third-order valence-electron chi connectivity index (χ3n) is 5.95. The van der Waals surface area contributed by atoms with Crippen LogP contribution in [0.4, 0.5) is 0 Å². The highest BCUT2D eigenvalue weighted by molar-refractivity contribution is 6.46. The van der Waals surface area contributed by atoms with E-state index < -0.39 is 17.7 Å². The second-order valence-electron chi connectivity index (χ2n) is 8.25. The van der Waals surface area contributed by atoms with Gasteiger partial charge in [-0.2, -0.15) is 0 Å². The highest BCUT2D eigenvalue weighted by Crippen LogP contribution is 2.41. The molecule has 1 fully saturated rings. The summed E-state index contributed by atoms with van der Waals surface area (Å²) in [7, 11) is 0. The number of benzene rings is 3. The number of ketones is 1. The Balaban J connectivity index is 1.81. The topological polar surface area (TPSA) is 87.1 Å². The molecule has 3 aromatic rings. The van der Waals surface area contributed by atoms with Gasteiger partial charge in [-0.25, -0.2) is 0 Å². The van der Waals surface area contributed by atoms with E-state index in [0.29, 0.717) is 24.2 Å². The summed E-state index contributed by atoms with van der Waals surface area (Å²) in [6.45, 7) is 4.36. The van der Waals surface area contributed by atoms with Crippen molar-refractivity contribution in [1.82, 2.24) is 4.90 Å². The number of carbonyl (C=O) groups is 2. The van der Waals surface area contributed by atoms with Crippen LogP contribution < -0.4 is 4.74 Å². The van der Waals surface area contributed by atoms with Gasteiger partial charge in [0.2, 0.25) is 0 Å². The van der Waals surface area contributed by atoms with Gasteiger partial charge in [-0.15, -0.1) is 0 Å². The largest absolute Gasteiger partial charge is 0.507 e. The summed E-state index contributed by atoms with van der Waals surface area (Å²) >= 11 is 0. The molecule has 1 aliphatic heterocycles. The van der Waals surface area contributed by atoms with Gasteiger partial charge in [0.15, 0.2) is 11.5 Å². The molecule has 1 aliphatic rings. The summed E-state index contributed by atoms with van der Waals surface area (Å²) in [4.78, 5) is 27.8. The molecule has 6 heteroatoms. The number of nitrogens with zero attached hydrogens (tertiary/aromatic N) is 1. The zero-order chi connectivity index (χ0) is 24.2. The van der Waals surface area contributed by atoms with Crippen molar-refractivity contribution in [2.75, 3.05) is 13.2 Å². The Kier molecular flexibility index (Phi) is 6.68. The van der Waals surface area contributed by atoms with Gasteiger partial charge >= 0.3 is 0 Å². The quantitative estimate of drug-likeness (QED) is 0.303. The normalized spacial score (nSPS) is 17.2. The van der Waals surface area contributed by atoms with Crippen LogP contribution in [0, 0.1) is 6.92 Å². The monoisotopic (exact) mass is 457 g/mol. The van der Waals surface area contributed by atoms with Crippen LogP contribution in [-0.4, -0.2) is 40.0 Å². The Hall–Kier alpha value is -4.06. The lowest BCUT2D eigenvalue weighted by molar-refractivity contribution is -0.139. The van der Waals surface area contributed by atoms with Crippen molar-refractivity contribution in [3.63, 3.8) is 0 Å². The molecule has 0 aromatic heterocycles. The zero-order valence-corrected chi connectivity index (χ0v) is 19.2. The number of likely N-dealkylation sites (tertiary alicyclic amines) is 1. The first-order valence-electron chi connectivity index (χ1n) is 11.3. The van der Waals surface area contributed by atoms with Crippen molar-refractivity contribution < 1.29 is 24.5 Å². The van der Waals surface area contributed by atoms with Crippen molar-refractivity contribution >= 4 is 17.4 Å². The first-order valence-corrected chi connectivity index (χ1v) is 11.3. The van der Waals surface area contributed by atoms with Crippen molar-refractivity contribution in [2.24, 2.45) is 0 Å². The standard InChI is InChI=1S/C28H27NO5/c1-3-34-23-17-21(13-14-22(23)30)25-24(26(31)20-11-9-18(2)10-12-20)27(32)28(33)29(25)16-15-19-7-5-4-6-8-19/h4-14,17,25,30-31H,3,15-16H2,1-2H3/b26-24+. The number of phenols is 1. The van der Waals surface area contributed by atoms with Gasteiger partial charge < -0.3 is 19.8 Å². The van der Waals surface area contributed by atoms with Gasteiger partial charge in [-0.05, 0) is 43.5 Å². The first kappa shape index (κ1) is 23.1. The molecule has 0 radical (unpaired) electrons. The van der Waals surface area contributed by atoms with Crippen LogP contribution >= 0.6 is 0 Å². The Morgan fingerprint density at radius 2 is 1.71 bits per heavy atom. The number of amides is 1. The fourth-order valence-corrected chi connectivity index (χ4v) is 4.19. The molecule has 1 amide bonds. The molecule has 6 nitrogen and oxygen atoms in total. The molecule has 0 bridgehead atoms. The minimum absolute atomic E-state index is 0.0232. The second kappa shape index (κ2) is 9.83. The van der Waals surface area contributed by atoms with Crippen LogP contribution in [0.15, 0.2) is 78.4 Å². The molecule has 1 heterocycles. The van der Waals surface area contributed by atoms with Gasteiger partial charge in [0.25, 0.3) is 11.7 Å². The molecule has 174 valence electrons. The van der Waals surface area contributed by atoms with Crippen molar-refractivity contribution in [3.05, 3.63) is 101 Å². The van der Waals surface area contributed by atoms with Crippen molar-refractivity contribution in [3.8, 4) is 11.5 Å². The number of aryl methyl sites for hydroxylation is 1. The fraction of sp³-hybridized carbons (Fsp3) is 0.214. The second-order valence-corrected chi connectivity index (χ2v) is 8.25. The number of hydrogen-bond acceptors (Lipinski definition) is 5. The third-order valence-corrected chi connectivity index (χ3v) is 5.95. The lowest BCUT2D eigenvalue weighted by Gasteiger charge is -2.26. The Labute approximate surface area is 198 Å². The van der Waals surface area contributed by atoms with Gasteiger partial charge in [-0.3, -0.25) is 9.59 Å². The van der Waals surface area contributed by atoms with E-state index in [4.69, 9.17) is 4.74 Å². The summed E-state index contributed by atoms with van der Waals surface area (Å²) in [5.74, 6) is -1.41. The number of ether oxygens (including phenoxy) is 1. The molecule has 1 saturated heterocycles. The van der Waals surface area contributed by atoms with Crippen LogP contribution in [-0.2, 0) is 16.0 Å². The Morgan fingerprint density at radius 1 is 1.00 bits per heavy atom. The Bertz CT molecular complexity index is 1230. The lowest BCUT2D eigenvalue weighted by Crippen LogP contribution is -2.31. The molecular weight excluding hydrogens is 430 g/mol. The Morgan fingerprint density at radius 3 is 2.38 bits per heavy atom. The molecule has 1 unspecified atom stereocenters. The summed E-state index contributed by atoms with van der Waals surface area (Å²) in [5, 5.41) is 21.3. The molecule has 3 aromatic carbocycles. The molecule has 4 rings (SSSR count). The van der Waals surface area contributed by atoms with Gasteiger partial charge in [0.05, 0.1) is 18.2 Å². The molecule has 34 heavy (non-hydrogen) atoms. The number of aliphatic hydroxyl groups excluding tert-OH is 1. The first-order chi connectivity index (χ1) is 16.4. The number of hydrogen-bond donors (Lipinski definition) is 2. The van der Waals surface area contributed by atoms with Crippen LogP contribution in [0.5, 0.6) is 11.5 Å². The number of carbonyl (C=O) groups excluding carboxylic acids is 2. The SMILES string of the molecule is CCOc1cc(C2/C(=C(\O)c3ccc(C)cc3)C(=O)C(=O)N2CCc2ccccc2)ccc1O. The molecule has 1 atom stereocenters. The third kappa shape index (κ3) is 4.53. The van der Waals surface area contributed by atoms with E-state index in [9.17, 15) is 19.8 Å². The average Bonchev–Trinajstić information content (AvgIpc) is 3.10. The van der Waals surface area contributed by atoms with Crippen molar-refractivity contribution in [1.29, 1.82) is 0 Å². The minimum Gasteiger partial charge on any atom is -0.507 e. The number of aromatic hydroxyl groups is 1. The highest BCUT2D eigenvalue weighted by Gasteiger charge is 2.46. The maximum atomic E-state index is 13.2. The van der Waals surface area contributed by atoms with E-state index in [-0.39, 0.29) is 29.4 Å². The van der Waals surface area contributed by atoms with Crippen LogP contribution in [0.2, 0.25) is 0 Å². The maximum Gasteiger partial charge on any atom is 0.295 e. The average molecular weight is 458 g/mol. The molecule has 0 aliphatic carbocycles. The number of rotatable bonds is 7. The summed E-state index contributed by atoms with van der Waals surface area (Å²) in [6, 6.07) is 20.7. The number of aliphatic hydroxyl groups is 1. The summed E-state index contributed by atoms with van der Waals surface area (Å²) in [6.07, 6.45) is 0.547. The van der Waals surface area contributed by atoms with E-state index in [0.717, 1.165) is 11.1 Å². The van der Waals surface area contributed by atoms with E-state index in [1.54, 1.807) is 31.2 Å². The summed E-state index contributed by atoms with van der Waals surface area (Å²) < 4.78 is 5.53. The van der Waals surface area contributed by atoms with Crippen molar-refractivity contribution in [2.45, 2.75) is 26.3 Å². The zero-order valence-electron chi connectivity index (χ0n) is 19.2. The maximum absolute atomic E-state index is 13.2. The minimum atomic E-state index is -0.815. The predicted octanol–water partition coefficient (Wildman–Crippen LogP) is 4.76. The van der Waals surface area contributed by atoms with E-state index >= 15 is 0 Å². The van der Waals surface area contributed by atoms with Gasteiger partial charge in [-0.1, -0.05) is 66.2 Å². The van der Waals surface area contributed by atoms with E-state index in [2.05, 4.69) is 0 Å². The summed E-state index contributed by atoms with van der Waals surface area (Å²) in [5.41, 5.74) is 3.09. The molecular formula is C28H27NO5. The highest BCUT2D eigenvalue weighted by atomic mass is 16.5. The molecule has 0 saturated carbocycles. The smallest absolute Gasteiger partial charge is 0.295 e. The predicted molar refractivity (Wildman–Crippen MR) is 130 cm³/mol. The van der Waals surface area contributed by atoms with Gasteiger partial charge in [0.1, 0.15) is 5.76 Å². The van der Waals surface area contributed by atoms with Crippen LogP contribution in [0.25, 0.3) is 5.76 Å².